The molecule has 0 saturated heterocycles. The number of aromatic hydroxyl groups is 2. The van der Waals surface area contributed by atoms with Crippen molar-refractivity contribution in [2.24, 2.45) is 0 Å². The molecule has 2 aromatic heterocycles. The minimum atomic E-state index is -0.398. The predicted molar refractivity (Wildman–Crippen MR) is 137 cm³/mol. The van der Waals surface area contributed by atoms with Gasteiger partial charge in [-0.2, -0.15) is 0 Å². The molecular weight excluding hydrogens is 482 g/mol. The maximum atomic E-state index is 11.5. The van der Waals surface area contributed by atoms with Crippen molar-refractivity contribution in [2.75, 3.05) is 14.2 Å². The number of rotatable bonds is 9. The van der Waals surface area contributed by atoms with Gasteiger partial charge in [-0.15, -0.1) is 10.2 Å². The van der Waals surface area contributed by atoms with Crippen LogP contribution in [0.5, 0.6) is 23.1 Å². The van der Waals surface area contributed by atoms with Crippen molar-refractivity contribution in [2.45, 2.75) is 39.0 Å². The Morgan fingerprint density at radius 1 is 0.944 bits per heavy atom. The Balaban J connectivity index is 1.88. The summed E-state index contributed by atoms with van der Waals surface area (Å²) in [6.45, 7) is 3.97. The fourth-order valence-corrected chi connectivity index (χ4v) is 4.22. The van der Waals surface area contributed by atoms with Gasteiger partial charge in [-0.05, 0) is 49.6 Å². The zero-order chi connectivity index (χ0) is 25.8. The first-order chi connectivity index (χ1) is 17.4. The van der Waals surface area contributed by atoms with Crippen LogP contribution in [-0.2, 0) is 6.42 Å². The van der Waals surface area contributed by atoms with Crippen molar-refractivity contribution in [3.8, 4) is 45.7 Å². The van der Waals surface area contributed by atoms with E-state index < -0.39 is 5.88 Å². The molecular formula is C27H28ClN3O5. The van der Waals surface area contributed by atoms with Crippen molar-refractivity contribution >= 4 is 11.6 Å². The summed E-state index contributed by atoms with van der Waals surface area (Å²) in [5.74, 6) is 0.365. The molecule has 9 heteroatoms. The number of methoxy groups -OCH3 is 2. The summed E-state index contributed by atoms with van der Waals surface area (Å²) in [4.78, 5) is 4.44. The first-order valence-electron chi connectivity index (χ1n) is 11.6. The van der Waals surface area contributed by atoms with Gasteiger partial charge < -0.3 is 24.1 Å². The summed E-state index contributed by atoms with van der Waals surface area (Å²) in [6, 6.07) is 12.7. The van der Waals surface area contributed by atoms with Gasteiger partial charge in [0.15, 0.2) is 0 Å². The topological polar surface area (TPSA) is 111 Å². The normalized spacial score (nSPS) is 11.9. The third-order valence-electron chi connectivity index (χ3n) is 6.07. The van der Waals surface area contributed by atoms with Crippen LogP contribution in [0.15, 0.2) is 46.9 Å². The largest absolute Gasteiger partial charge is 0.506 e. The molecule has 188 valence electrons. The lowest BCUT2D eigenvalue weighted by Gasteiger charge is -2.18. The lowest BCUT2D eigenvalue weighted by atomic mass is 9.95. The van der Waals surface area contributed by atoms with E-state index in [1.165, 1.54) is 14.2 Å². The molecule has 0 spiro atoms. The molecule has 2 aromatic carbocycles. The Bertz CT molecular complexity index is 1330. The zero-order valence-corrected chi connectivity index (χ0v) is 21.3. The van der Waals surface area contributed by atoms with E-state index in [0.29, 0.717) is 45.7 Å². The molecule has 0 aliphatic carbocycles. The molecule has 0 fully saturated rings. The quantitative estimate of drug-likeness (QED) is 0.267. The lowest BCUT2D eigenvalue weighted by molar-refractivity contribution is 0.395. The van der Waals surface area contributed by atoms with Gasteiger partial charge >= 0.3 is 0 Å². The number of aryl methyl sites for hydroxylation is 1. The average molecular weight is 510 g/mol. The van der Waals surface area contributed by atoms with Crippen LogP contribution in [0.2, 0.25) is 5.02 Å². The summed E-state index contributed by atoms with van der Waals surface area (Å²) in [7, 11) is 3.08. The Hall–Kier alpha value is -3.78. The first-order valence-corrected chi connectivity index (χ1v) is 12.0. The second-order valence-electron chi connectivity index (χ2n) is 8.34. The number of halogens is 1. The van der Waals surface area contributed by atoms with E-state index >= 15 is 0 Å². The monoisotopic (exact) mass is 509 g/mol. The van der Waals surface area contributed by atoms with Crippen molar-refractivity contribution < 1.29 is 24.1 Å². The van der Waals surface area contributed by atoms with Gasteiger partial charge in [0, 0.05) is 5.02 Å². The van der Waals surface area contributed by atoms with Gasteiger partial charge in [0.05, 0.1) is 37.0 Å². The smallest absolute Gasteiger partial charge is 0.257 e. The molecule has 0 bridgehead atoms. The number of unbranched alkanes of at least 4 members (excludes halogenated alkanes) is 1. The van der Waals surface area contributed by atoms with Gasteiger partial charge in [-0.1, -0.05) is 43.1 Å². The Morgan fingerprint density at radius 2 is 1.61 bits per heavy atom. The summed E-state index contributed by atoms with van der Waals surface area (Å²) in [6.07, 6.45) is 2.24. The molecule has 0 aliphatic rings. The number of pyridine rings is 1. The number of hydrogen-bond acceptors (Lipinski definition) is 8. The standard InChI is InChI=1S/C27H28ClN3O5/c1-5-6-8-18-21(22-19(34-3)9-7-10-20(22)35-4)24(32)23(25(33)29-18)27-31-30-26(36-27)15(2)16-11-13-17(28)14-12-16/h7,9-15H,5-6,8H2,1-4H3,(H2,29,32,33). The third-order valence-corrected chi connectivity index (χ3v) is 6.32. The number of nitrogens with zero attached hydrogens (tertiary/aromatic N) is 3. The van der Waals surface area contributed by atoms with E-state index in [4.69, 9.17) is 25.5 Å². The second kappa shape index (κ2) is 10.9. The van der Waals surface area contributed by atoms with E-state index in [2.05, 4.69) is 22.1 Å². The lowest BCUT2D eigenvalue weighted by Crippen LogP contribution is -2.01. The highest BCUT2D eigenvalue weighted by Gasteiger charge is 2.29. The Kier molecular flexibility index (Phi) is 7.64. The zero-order valence-electron chi connectivity index (χ0n) is 20.6. The number of aromatic nitrogens is 3. The van der Waals surface area contributed by atoms with Gasteiger partial charge in [0.2, 0.25) is 11.8 Å². The maximum absolute atomic E-state index is 11.5. The van der Waals surface area contributed by atoms with Crippen LogP contribution >= 0.6 is 11.6 Å². The van der Waals surface area contributed by atoms with E-state index in [1.807, 2.05) is 19.1 Å². The van der Waals surface area contributed by atoms with Crippen LogP contribution in [0.25, 0.3) is 22.6 Å². The first kappa shape index (κ1) is 25.3. The molecule has 2 heterocycles. The van der Waals surface area contributed by atoms with Crippen molar-refractivity contribution in [1.82, 2.24) is 15.2 Å². The van der Waals surface area contributed by atoms with Gasteiger partial charge in [0.25, 0.3) is 5.89 Å². The molecule has 1 unspecified atom stereocenters. The van der Waals surface area contributed by atoms with E-state index in [-0.39, 0.29) is 23.1 Å². The van der Waals surface area contributed by atoms with Gasteiger partial charge in [-0.25, -0.2) is 4.98 Å². The van der Waals surface area contributed by atoms with Crippen LogP contribution < -0.4 is 9.47 Å². The van der Waals surface area contributed by atoms with Crippen LogP contribution in [0, 0.1) is 0 Å². The molecule has 8 nitrogen and oxygen atoms in total. The molecule has 0 radical (unpaired) electrons. The maximum Gasteiger partial charge on any atom is 0.257 e. The molecule has 0 amide bonds. The number of benzene rings is 2. The van der Waals surface area contributed by atoms with E-state index in [1.54, 1.807) is 30.3 Å². The summed E-state index contributed by atoms with van der Waals surface area (Å²) in [5, 5.41) is 31.3. The van der Waals surface area contributed by atoms with Crippen molar-refractivity contribution in [3.05, 3.63) is 64.6 Å². The molecule has 2 N–H and O–H groups in total. The highest BCUT2D eigenvalue weighted by Crippen LogP contribution is 2.49. The van der Waals surface area contributed by atoms with E-state index in [0.717, 1.165) is 18.4 Å². The molecule has 1 atom stereocenters. The fraction of sp³-hybridized carbons (Fsp3) is 0.296. The Labute approximate surface area is 214 Å². The second-order valence-corrected chi connectivity index (χ2v) is 8.78. The Morgan fingerprint density at radius 3 is 2.22 bits per heavy atom. The number of hydrogen-bond donors (Lipinski definition) is 2. The molecule has 4 rings (SSSR count). The molecule has 0 saturated carbocycles. The molecule has 4 aromatic rings. The van der Waals surface area contributed by atoms with Crippen LogP contribution in [-0.4, -0.2) is 39.6 Å². The molecule has 0 aliphatic heterocycles. The fourth-order valence-electron chi connectivity index (χ4n) is 4.09. The van der Waals surface area contributed by atoms with Crippen molar-refractivity contribution in [1.29, 1.82) is 0 Å². The van der Waals surface area contributed by atoms with Crippen LogP contribution in [0.4, 0.5) is 0 Å². The SMILES string of the molecule is CCCCc1nc(O)c(-c2nnc(C(C)c3ccc(Cl)cc3)o2)c(O)c1-c1c(OC)cccc1OC. The summed E-state index contributed by atoms with van der Waals surface area (Å²) >= 11 is 6.00. The summed E-state index contributed by atoms with van der Waals surface area (Å²) in [5.41, 5.74) is 2.29. The van der Waals surface area contributed by atoms with Crippen LogP contribution in [0.3, 0.4) is 0 Å². The van der Waals surface area contributed by atoms with E-state index in [9.17, 15) is 10.2 Å². The summed E-state index contributed by atoms with van der Waals surface area (Å²) < 4.78 is 17.1. The average Bonchev–Trinajstić information content (AvgIpc) is 3.36. The highest BCUT2D eigenvalue weighted by atomic mass is 35.5. The highest BCUT2D eigenvalue weighted by molar-refractivity contribution is 6.30. The third kappa shape index (κ3) is 4.81. The predicted octanol–water partition coefficient (Wildman–Crippen LogP) is 6.37. The number of ether oxygens (including phenoxy) is 2. The molecule has 36 heavy (non-hydrogen) atoms. The van der Waals surface area contributed by atoms with Crippen molar-refractivity contribution in [3.63, 3.8) is 0 Å². The van der Waals surface area contributed by atoms with Crippen LogP contribution in [0.1, 0.15) is 49.8 Å². The minimum absolute atomic E-state index is 0.0505. The minimum Gasteiger partial charge on any atom is -0.506 e. The van der Waals surface area contributed by atoms with Gasteiger partial charge in [0.1, 0.15) is 22.8 Å². The van der Waals surface area contributed by atoms with Gasteiger partial charge in [-0.3, -0.25) is 0 Å².